The Hall–Kier alpha value is -4.27. The molecule has 0 spiro atoms. The van der Waals surface area contributed by atoms with Gasteiger partial charge in [0.15, 0.2) is 5.65 Å². The molecular formula is C28H26F3N7O. The summed E-state index contributed by atoms with van der Waals surface area (Å²) in [6.45, 7) is 5.10. The van der Waals surface area contributed by atoms with Gasteiger partial charge in [-0.15, -0.1) is 10.2 Å². The highest BCUT2D eigenvalue weighted by atomic mass is 19.4. The molecule has 0 bridgehead atoms. The second-order valence-electron chi connectivity index (χ2n) is 9.54. The van der Waals surface area contributed by atoms with Crippen LogP contribution in [0.2, 0.25) is 0 Å². The summed E-state index contributed by atoms with van der Waals surface area (Å²) in [7, 11) is 2.00. The molecular weight excluding hydrogens is 507 g/mol. The standard InChI is InChI=1S/C28H26F3N7O/c1-19-3-4-21(15-20(19)5-7-23-9-10-26-34-32-18-38(26)35-23)27(39)33-24-8-6-22(25(16-24)28(29,30)31)17-37-13-11-36(2)12-14-37/h3-4,6,8-10,15-16,18H,11-14,17H2,1-2H3,(H,33,39). The van der Waals surface area contributed by atoms with Crippen LogP contribution in [0.3, 0.4) is 0 Å². The van der Waals surface area contributed by atoms with E-state index in [2.05, 4.69) is 37.4 Å². The maximum atomic E-state index is 13.9. The first-order valence-electron chi connectivity index (χ1n) is 12.4. The molecule has 0 unspecified atom stereocenters. The molecule has 3 heterocycles. The number of fused-ring (bicyclic) bond motifs is 1. The van der Waals surface area contributed by atoms with Crippen LogP contribution in [0.5, 0.6) is 0 Å². The molecule has 0 radical (unpaired) electrons. The first kappa shape index (κ1) is 26.3. The molecule has 1 fully saturated rings. The number of piperazine rings is 1. The Morgan fingerprint density at radius 2 is 1.82 bits per heavy atom. The van der Waals surface area contributed by atoms with Crippen LogP contribution in [0.15, 0.2) is 54.9 Å². The maximum absolute atomic E-state index is 13.9. The van der Waals surface area contributed by atoms with Crippen molar-refractivity contribution >= 4 is 17.2 Å². The monoisotopic (exact) mass is 533 g/mol. The van der Waals surface area contributed by atoms with Gasteiger partial charge in [-0.25, -0.2) is 0 Å². The Kier molecular flexibility index (Phi) is 7.32. The predicted molar refractivity (Wildman–Crippen MR) is 140 cm³/mol. The van der Waals surface area contributed by atoms with E-state index in [-0.39, 0.29) is 23.4 Å². The number of halogens is 3. The normalized spacial score (nSPS) is 14.7. The summed E-state index contributed by atoms with van der Waals surface area (Å²) in [5.74, 6) is 5.46. The average Bonchev–Trinajstić information content (AvgIpc) is 3.38. The van der Waals surface area contributed by atoms with Crippen molar-refractivity contribution in [3.8, 4) is 11.8 Å². The molecule has 1 aliphatic rings. The fourth-order valence-corrected chi connectivity index (χ4v) is 4.33. The minimum Gasteiger partial charge on any atom is -0.322 e. The van der Waals surface area contributed by atoms with Gasteiger partial charge in [-0.2, -0.15) is 22.8 Å². The Labute approximate surface area is 223 Å². The molecule has 1 aliphatic heterocycles. The highest BCUT2D eigenvalue weighted by Crippen LogP contribution is 2.34. The maximum Gasteiger partial charge on any atom is 0.416 e. The molecule has 2 aromatic carbocycles. The number of benzene rings is 2. The summed E-state index contributed by atoms with van der Waals surface area (Å²) in [6, 6.07) is 12.4. The second-order valence-corrected chi connectivity index (χ2v) is 9.54. The molecule has 200 valence electrons. The van der Waals surface area contributed by atoms with Crippen LogP contribution >= 0.6 is 0 Å². The zero-order valence-corrected chi connectivity index (χ0v) is 21.5. The van der Waals surface area contributed by atoms with Crippen LogP contribution in [-0.4, -0.2) is 68.7 Å². The summed E-state index contributed by atoms with van der Waals surface area (Å²) >= 11 is 0. The van der Waals surface area contributed by atoms with Gasteiger partial charge in [-0.05, 0) is 67.4 Å². The number of aryl methyl sites for hydroxylation is 1. The number of rotatable bonds is 4. The van der Waals surface area contributed by atoms with Crippen LogP contribution in [0.1, 0.15) is 38.3 Å². The van der Waals surface area contributed by atoms with Crippen LogP contribution < -0.4 is 5.32 Å². The van der Waals surface area contributed by atoms with Crippen LogP contribution in [-0.2, 0) is 12.7 Å². The van der Waals surface area contributed by atoms with E-state index in [0.29, 0.717) is 30.0 Å². The zero-order valence-electron chi connectivity index (χ0n) is 21.5. The molecule has 0 aliphatic carbocycles. The van der Waals surface area contributed by atoms with Gasteiger partial charge in [0, 0.05) is 49.5 Å². The molecule has 1 amide bonds. The molecule has 2 aromatic heterocycles. The van der Waals surface area contributed by atoms with E-state index in [4.69, 9.17) is 0 Å². The number of hydrogen-bond acceptors (Lipinski definition) is 6. The third kappa shape index (κ3) is 6.25. The molecule has 5 rings (SSSR count). The zero-order chi connectivity index (χ0) is 27.6. The summed E-state index contributed by atoms with van der Waals surface area (Å²) in [4.78, 5) is 17.1. The lowest BCUT2D eigenvalue weighted by molar-refractivity contribution is -0.138. The number of amides is 1. The molecule has 0 saturated carbocycles. The van der Waals surface area contributed by atoms with Crippen molar-refractivity contribution in [2.24, 2.45) is 0 Å². The molecule has 0 atom stereocenters. The lowest BCUT2D eigenvalue weighted by atomic mass is 10.0. The van der Waals surface area contributed by atoms with Crippen molar-refractivity contribution in [1.29, 1.82) is 0 Å². The van der Waals surface area contributed by atoms with Gasteiger partial charge >= 0.3 is 6.18 Å². The Balaban J connectivity index is 1.34. The number of nitrogens with one attached hydrogen (secondary N) is 1. The first-order valence-corrected chi connectivity index (χ1v) is 12.4. The van der Waals surface area contributed by atoms with E-state index < -0.39 is 17.6 Å². The van der Waals surface area contributed by atoms with Gasteiger partial charge in [-0.1, -0.05) is 18.1 Å². The van der Waals surface area contributed by atoms with Crippen LogP contribution in [0.25, 0.3) is 5.65 Å². The SMILES string of the molecule is Cc1ccc(C(=O)Nc2ccc(CN3CCN(C)CC3)c(C(F)(F)F)c2)cc1C#Cc1ccc2nncn2n1. The van der Waals surface area contributed by atoms with Crippen molar-refractivity contribution in [1.82, 2.24) is 29.6 Å². The van der Waals surface area contributed by atoms with Gasteiger partial charge in [0.1, 0.15) is 12.0 Å². The minimum absolute atomic E-state index is 0.0779. The van der Waals surface area contributed by atoms with E-state index in [1.807, 2.05) is 18.9 Å². The number of carbonyl (C=O) groups excluding carboxylic acids is 1. The topological polar surface area (TPSA) is 78.7 Å². The van der Waals surface area contributed by atoms with Crippen molar-refractivity contribution in [3.63, 3.8) is 0 Å². The Morgan fingerprint density at radius 1 is 1.03 bits per heavy atom. The highest BCUT2D eigenvalue weighted by molar-refractivity contribution is 6.04. The molecule has 4 aromatic rings. The van der Waals surface area contributed by atoms with E-state index in [0.717, 1.165) is 24.7 Å². The van der Waals surface area contributed by atoms with E-state index in [9.17, 15) is 18.0 Å². The van der Waals surface area contributed by atoms with Crippen LogP contribution in [0.4, 0.5) is 18.9 Å². The summed E-state index contributed by atoms with van der Waals surface area (Å²) < 4.78 is 43.3. The molecule has 11 heteroatoms. The lowest BCUT2D eigenvalue weighted by Crippen LogP contribution is -2.44. The highest BCUT2D eigenvalue weighted by Gasteiger charge is 2.34. The van der Waals surface area contributed by atoms with Gasteiger partial charge in [0.2, 0.25) is 0 Å². The van der Waals surface area contributed by atoms with E-state index >= 15 is 0 Å². The van der Waals surface area contributed by atoms with Gasteiger partial charge < -0.3 is 10.2 Å². The predicted octanol–water partition coefficient (Wildman–Crippen LogP) is 3.85. The van der Waals surface area contributed by atoms with Crippen LogP contribution in [0, 0.1) is 18.8 Å². The summed E-state index contributed by atoms with van der Waals surface area (Å²) in [5.41, 5.74) is 2.34. The largest absolute Gasteiger partial charge is 0.416 e. The second kappa shape index (κ2) is 10.8. The fourth-order valence-electron chi connectivity index (χ4n) is 4.33. The number of alkyl halides is 3. The lowest BCUT2D eigenvalue weighted by Gasteiger charge is -2.33. The third-order valence-electron chi connectivity index (χ3n) is 6.65. The smallest absolute Gasteiger partial charge is 0.322 e. The fraction of sp³-hybridized carbons (Fsp3) is 0.286. The molecule has 39 heavy (non-hydrogen) atoms. The van der Waals surface area contributed by atoms with E-state index in [1.54, 1.807) is 30.3 Å². The van der Waals surface area contributed by atoms with E-state index in [1.165, 1.54) is 23.0 Å². The average molecular weight is 534 g/mol. The number of likely N-dealkylation sites (N-methyl/N-ethyl adjacent to an activating group) is 1. The number of aromatic nitrogens is 4. The Morgan fingerprint density at radius 3 is 2.59 bits per heavy atom. The van der Waals surface area contributed by atoms with Gasteiger partial charge in [-0.3, -0.25) is 9.69 Å². The molecule has 1 N–H and O–H groups in total. The quantitative estimate of drug-likeness (QED) is 0.402. The first-order chi connectivity index (χ1) is 18.7. The number of anilines is 1. The van der Waals surface area contributed by atoms with Crippen molar-refractivity contribution in [2.75, 3.05) is 38.5 Å². The van der Waals surface area contributed by atoms with Crippen molar-refractivity contribution < 1.29 is 18.0 Å². The molecule has 1 saturated heterocycles. The molecule has 8 nitrogen and oxygen atoms in total. The van der Waals surface area contributed by atoms with Gasteiger partial charge in [0.25, 0.3) is 5.91 Å². The van der Waals surface area contributed by atoms with Gasteiger partial charge in [0.05, 0.1) is 5.56 Å². The number of hydrogen-bond donors (Lipinski definition) is 1. The van der Waals surface area contributed by atoms with Crippen molar-refractivity contribution in [2.45, 2.75) is 19.6 Å². The number of nitrogens with zero attached hydrogens (tertiary/aromatic N) is 6. The minimum atomic E-state index is -4.54. The third-order valence-corrected chi connectivity index (χ3v) is 6.65. The summed E-state index contributed by atoms with van der Waals surface area (Å²) in [5, 5.41) is 14.6. The van der Waals surface area contributed by atoms with Crippen molar-refractivity contribution in [3.05, 3.63) is 88.4 Å². The number of carbonyl (C=O) groups is 1. The summed E-state index contributed by atoms with van der Waals surface area (Å²) in [6.07, 6.45) is -3.07. The Bertz CT molecular complexity index is 1580.